The van der Waals surface area contributed by atoms with Crippen molar-refractivity contribution < 1.29 is 18.7 Å². The van der Waals surface area contributed by atoms with Gasteiger partial charge in [-0.05, 0) is 79.7 Å². The summed E-state index contributed by atoms with van der Waals surface area (Å²) < 4.78 is 25.3. The van der Waals surface area contributed by atoms with Gasteiger partial charge in [0.05, 0.1) is 6.61 Å². The SMILES string of the molecule is CCCCCCCc1ccc(-c2ccc(OCC3CCC(OC(=O)[C@@H](F)CCCC)CC3)cc2)cc1. The van der Waals surface area contributed by atoms with Crippen LogP contribution in [-0.2, 0) is 16.0 Å². The van der Waals surface area contributed by atoms with Crippen LogP contribution in [-0.4, -0.2) is 24.9 Å². The maximum Gasteiger partial charge on any atom is 0.340 e. The van der Waals surface area contributed by atoms with Crippen molar-refractivity contribution in [1.29, 1.82) is 0 Å². The molecule has 1 saturated carbocycles. The Labute approximate surface area is 217 Å². The largest absolute Gasteiger partial charge is 0.493 e. The summed E-state index contributed by atoms with van der Waals surface area (Å²) in [4.78, 5) is 11.9. The average molecular weight is 497 g/mol. The Morgan fingerprint density at radius 3 is 2.08 bits per heavy atom. The number of aryl methyl sites for hydroxylation is 1. The highest BCUT2D eigenvalue weighted by Crippen LogP contribution is 2.29. The number of halogens is 1. The van der Waals surface area contributed by atoms with E-state index in [2.05, 4.69) is 43.3 Å². The highest BCUT2D eigenvalue weighted by Gasteiger charge is 2.27. The van der Waals surface area contributed by atoms with Crippen molar-refractivity contribution in [2.45, 2.75) is 110 Å². The van der Waals surface area contributed by atoms with Gasteiger partial charge in [-0.3, -0.25) is 0 Å². The molecule has 3 rings (SSSR count). The van der Waals surface area contributed by atoms with E-state index in [1.807, 2.05) is 19.1 Å². The summed E-state index contributed by atoms with van der Waals surface area (Å²) in [6.45, 7) is 4.91. The fourth-order valence-electron chi connectivity index (χ4n) is 4.91. The van der Waals surface area contributed by atoms with Gasteiger partial charge < -0.3 is 9.47 Å². The van der Waals surface area contributed by atoms with Crippen LogP contribution in [0, 0.1) is 5.92 Å². The van der Waals surface area contributed by atoms with Crippen LogP contribution in [0.2, 0.25) is 0 Å². The summed E-state index contributed by atoms with van der Waals surface area (Å²) in [5.41, 5.74) is 3.85. The van der Waals surface area contributed by atoms with E-state index in [-0.39, 0.29) is 12.5 Å². The highest BCUT2D eigenvalue weighted by atomic mass is 19.1. The number of alkyl halides is 1. The standard InChI is InChI=1S/C32H45FO3/c1-3-5-7-8-9-10-25-12-16-27(17-13-25)28-18-22-29(23-19-28)35-24-26-14-20-30(21-15-26)36-32(34)31(33)11-6-4-2/h12-13,16-19,22-23,26,30-31H,3-11,14-15,20-21,24H2,1-2H3/t26?,30?,31-/m0/s1. The number of hydrogen-bond donors (Lipinski definition) is 0. The van der Waals surface area contributed by atoms with E-state index in [1.165, 1.54) is 48.8 Å². The van der Waals surface area contributed by atoms with Crippen molar-refractivity contribution in [3.05, 3.63) is 54.1 Å². The topological polar surface area (TPSA) is 35.5 Å². The molecule has 0 aliphatic heterocycles. The first-order valence-electron chi connectivity index (χ1n) is 14.3. The Balaban J connectivity index is 1.36. The van der Waals surface area contributed by atoms with E-state index in [9.17, 15) is 9.18 Å². The number of benzene rings is 2. The lowest BCUT2D eigenvalue weighted by molar-refractivity contribution is -0.157. The van der Waals surface area contributed by atoms with Gasteiger partial charge in [0.1, 0.15) is 11.9 Å². The predicted octanol–water partition coefficient (Wildman–Crippen LogP) is 8.88. The molecule has 0 N–H and O–H groups in total. The van der Waals surface area contributed by atoms with E-state index in [4.69, 9.17) is 9.47 Å². The molecule has 0 unspecified atom stereocenters. The molecule has 198 valence electrons. The van der Waals surface area contributed by atoms with Gasteiger partial charge in [0, 0.05) is 0 Å². The molecule has 3 nitrogen and oxygen atoms in total. The summed E-state index contributed by atoms with van der Waals surface area (Å²) in [5, 5.41) is 0. The van der Waals surface area contributed by atoms with Crippen LogP contribution < -0.4 is 4.74 Å². The van der Waals surface area contributed by atoms with Gasteiger partial charge in [-0.2, -0.15) is 0 Å². The molecule has 0 saturated heterocycles. The number of carbonyl (C=O) groups is 1. The molecule has 36 heavy (non-hydrogen) atoms. The van der Waals surface area contributed by atoms with Gasteiger partial charge in [0.15, 0.2) is 6.17 Å². The second kappa shape index (κ2) is 15.7. The molecule has 0 bridgehead atoms. The molecule has 1 atom stereocenters. The van der Waals surface area contributed by atoms with Gasteiger partial charge in [-0.25, -0.2) is 9.18 Å². The maximum atomic E-state index is 13.9. The summed E-state index contributed by atoms with van der Waals surface area (Å²) in [6, 6.07) is 17.3. The third-order valence-electron chi connectivity index (χ3n) is 7.34. The third-order valence-corrected chi connectivity index (χ3v) is 7.34. The van der Waals surface area contributed by atoms with Crippen LogP contribution >= 0.6 is 0 Å². The fraction of sp³-hybridized carbons (Fsp3) is 0.594. The second-order valence-electron chi connectivity index (χ2n) is 10.4. The zero-order chi connectivity index (χ0) is 25.6. The molecule has 2 aromatic rings. The minimum absolute atomic E-state index is 0.152. The average Bonchev–Trinajstić information content (AvgIpc) is 2.92. The first-order valence-corrected chi connectivity index (χ1v) is 14.3. The minimum atomic E-state index is -1.48. The molecule has 1 aliphatic carbocycles. The zero-order valence-electron chi connectivity index (χ0n) is 22.4. The predicted molar refractivity (Wildman–Crippen MR) is 146 cm³/mol. The quantitative estimate of drug-likeness (QED) is 0.182. The number of hydrogen-bond acceptors (Lipinski definition) is 3. The van der Waals surface area contributed by atoms with Crippen molar-refractivity contribution in [2.24, 2.45) is 5.92 Å². The van der Waals surface area contributed by atoms with Crippen LogP contribution in [0.4, 0.5) is 4.39 Å². The number of unbranched alkanes of at least 4 members (excludes halogenated alkanes) is 5. The molecule has 0 heterocycles. The van der Waals surface area contributed by atoms with Gasteiger partial charge >= 0.3 is 5.97 Å². The number of carbonyl (C=O) groups excluding carboxylic acids is 1. The number of rotatable bonds is 15. The number of ether oxygens (including phenoxy) is 2. The molecule has 1 aliphatic rings. The van der Waals surface area contributed by atoms with Crippen molar-refractivity contribution in [3.63, 3.8) is 0 Å². The maximum absolute atomic E-state index is 13.9. The summed E-state index contributed by atoms with van der Waals surface area (Å²) in [5.74, 6) is 0.642. The lowest BCUT2D eigenvalue weighted by Gasteiger charge is -2.28. The van der Waals surface area contributed by atoms with Crippen LogP contribution in [0.3, 0.4) is 0 Å². The molecule has 0 amide bonds. The van der Waals surface area contributed by atoms with E-state index in [0.717, 1.165) is 44.3 Å². The van der Waals surface area contributed by atoms with Gasteiger partial charge in [-0.15, -0.1) is 0 Å². The van der Waals surface area contributed by atoms with Gasteiger partial charge in [-0.1, -0.05) is 88.8 Å². The van der Waals surface area contributed by atoms with E-state index in [1.54, 1.807) is 0 Å². The first-order chi connectivity index (χ1) is 17.6. The Bertz CT molecular complexity index is 869. The highest BCUT2D eigenvalue weighted by molar-refractivity contribution is 5.74. The molecule has 2 aromatic carbocycles. The second-order valence-corrected chi connectivity index (χ2v) is 10.4. The Hall–Kier alpha value is -2.36. The van der Waals surface area contributed by atoms with Crippen LogP contribution in [0.5, 0.6) is 5.75 Å². The molecular weight excluding hydrogens is 451 g/mol. The van der Waals surface area contributed by atoms with Crippen molar-refractivity contribution in [2.75, 3.05) is 6.61 Å². The Morgan fingerprint density at radius 1 is 0.833 bits per heavy atom. The van der Waals surface area contributed by atoms with E-state index in [0.29, 0.717) is 18.9 Å². The lowest BCUT2D eigenvalue weighted by atomic mass is 9.88. The smallest absolute Gasteiger partial charge is 0.340 e. The van der Waals surface area contributed by atoms with Crippen molar-refractivity contribution in [1.82, 2.24) is 0 Å². The van der Waals surface area contributed by atoms with Crippen molar-refractivity contribution in [3.8, 4) is 16.9 Å². The van der Waals surface area contributed by atoms with Crippen molar-refractivity contribution >= 4 is 5.97 Å². The van der Waals surface area contributed by atoms with Crippen LogP contribution in [0.25, 0.3) is 11.1 Å². The zero-order valence-corrected chi connectivity index (χ0v) is 22.4. The molecule has 0 spiro atoms. The summed E-state index contributed by atoms with van der Waals surface area (Å²) in [6.07, 6.45) is 11.4. The van der Waals surface area contributed by atoms with Gasteiger partial charge in [0.25, 0.3) is 0 Å². The number of esters is 1. The van der Waals surface area contributed by atoms with Crippen LogP contribution in [0.1, 0.15) is 96.5 Å². The molecule has 0 aromatic heterocycles. The minimum Gasteiger partial charge on any atom is -0.493 e. The Kier molecular flexibility index (Phi) is 12.3. The van der Waals surface area contributed by atoms with E-state index < -0.39 is 12.1 Å². The van der Waals surface area contributed by atoms with E-state index >= 15 is 0 Å². The normalized spacial score (nSPS) is 18.5. The van der Waals surface area contributed by atoms with Crippen LogP contribution in [0.15, 0.2) is 48.5 Å². The summed E-state index contributed by atoms with van der Waals surface area (Å²) in [7, 11) is 0. The first kappa shape index (κ1) is 28.2. The molecule has 0 radical (unpaired) electrons. The Morgan fingerprint density at radius 2 is 1.44 bits per heavy atom. The molecular formula is C32H45FO3. The monoisotopic (exact) mass is 496 g/mol. The molecule has 4 heteroatoms. The van der Waals surface area contributed by atoms with Gasteiger partial charge in [0.2, 0.25) is 0 Å². The molecule has 1 fully saturated rings. The third kappa shape index (κ3) is 9.59. The lowest BCUT2D eigenvalue weighted by Crippen LogP contribution is -2.30. The fourth-order valence-corrected chi connectivity index (χ4v) is 4.91. The summed E-state index contributed by atoms with van der Waals surface area (Å²) >= 11 is 0.